The number of nitrogens with zero attached hydrogens (tertiary/aromatic N) is 3. The Labute approximate surface area is 181 Å². The molecule has 0 unspecified atom stereocenters. The molecular weight excluding hydrogens is 388 g/mol. The van der Waals surface area contributed by atoms with Gasteiger partial charge in [-0.3, -0.25) is 4.98 Å². The maximum atomic E-state index is 11.7. The zero-order valence-corrected chi connectivity index (χ0v) is 17.8. The molecule has 0 saturated heterocycles. The number of aromatic nitrogens is 3. The van der Waals surface area contributed by atoms with Gasteiger partial charge >= 0.3 is 5.97 Å². The molecular formula is C25H24N4O2. The number of para-hydroxylation sites is 1. The molecule has 2 aromatic heterocycles. The number of carboxylic acids is 1. The lowest BCUT2D eigenvalue weighted by Gasteiger charge is -2.14. The van der Waals surface area contributed by atoms with Crippen molar-refractivity contribution in [2.24, 2.45) is 0 Å². The lowest BCUT2D eigenvalue weighted by Crippen LogP contribution is -2.08. The largest absolute Gasteiger partial charge is 0.478 e. The predicted octanol–water partition coefficient (Wildman–Crippen LogP) is 5.56. The summed E-state index contributed by atoms with van der Waals surface area (Å²) in [6.45, 7) is 6.09. The highest BCUT2D eigenvalue weighted by atomic mass is 16.4. The average Bonchev–Trinajstić information content (AvgIpc) is 3.19. The minimum atomic E-state index is -0.985. The van der Waals surface area contributed by atoms with Crippen LogP contribution < -0.4 is 5.32 Å². The molecule has 0 aliphatic carbocycles. The molecule has 0 bridgehead atoms. The fourth-order valence-corrected chi connectivity index (χ4v) is 3.52. The van der Waals surface area contributed by atoms with E-state index in [4.69, 9.17) is 5.10 Å². The van der Waals surface area contributed by atoms with E-state index in [0.717, 1.165) is 34.6 Å². The minimum absolute atomic E-state index is 0.201. The fraction of sp³-hybridized carbons (Fsp3) is 0.160. The van der Waals surface area contributed by atoms with E-state index >= 15 is 0 Å². The topological polar surface area (TPSA) is 80.0 Å². The number of rotatable bonds is 6. The number of nitrogens with one attached hydrogen (secondary N) is 1. The third kappa shape index (κ3) is 4.05. The van der Waals surface area contributed by atoms with Gasteiger partial charge in [-0.25, -0.2) is 9.48 Å². The molecule has 31 heavy (non-hydrogen) atoms. The number of hydrogen-bond donors (Lipinski definition) is 2. The molecule has 0 amide bonds. The first-order chi connectivity index (χ1) is 15.0. The zero-order chi connectivity index (χ0) is 22.0. The molecule has 0 atom stereocenters. The van der Waals surface area contributed by atoms with Crippen LogP contribution in [0.4, 0.5) is 11.5 Å². The number of carbonyl (C=O) groups is 1. The third-order valence-corrected chi connectivity index (χ3v) is 5.42. The molecule has 6 heteroatoms. The van der Waals surface area contributed by atoms with Crippen molar-refractivity contribution in [1.82, 2.24) is 14.8 Å². The van der Waals surface area contributed by atoms with Crippen LogP contribution in [0.2, 0.25) is 0 Å². The van der Waals surface area contributed by atoms with Crippen LogP contribution in [-0.2, 0) is 6.42 Å². The van der Waals surface area contributed by atoms with Crippen molar-refractivity contribution < 1.29 is 9.90 Å². The number of hydrogen-bond acceptors (Lipinski definition) is 4. The number of aryl methyl sites for hydroxylation is 2. The van der Waals surface area contributed by atoms with Gasteiger partial charge in [0.05, 0.1) is 22.6 Å². The lowest BCUT2D eigenvalue weighted by atomic mass is 10.1. The Morgan fingerprint density at radius 2 is 1.87 bits per heavy atom. The summed E-state index contributed by atoms with van der Waals surface area (Å²) in [5.74, 6) is -0.305. The Hall–Kier alpha value is -3.93. The molecule has 6 nitrogen and oxygen atoms in total. The number of pyridine rings is 1. The van der Waals surface area contributed by atoms with Gasteiger partial charge < -0.3 is 10.4 Å². The number of benzene rings is 2. The minimum Gasteiger partial charge on any atom is -0.478 e. The van der Waals surface area contributed by atoms with Crippen LogP contribution in [0.1, 0.15) is 34.1 Å². The summed E-state index contributed by atoms with van der Waals surface area (Å²) in [5.41, 5.74) is 6.57. The van der Waals surface area contributed by atoms with E-state index in [1.54, 1.807) is 24.4 Å². The Morgan fingerprint density at radius 1 is 1.06 bits per heavy atom. The van der Waals surface area contributed by atoms with E-state index in [2.05, 4.69) is 29.4 Å². The van der Waals surface area contributed by atoms with Crippen molar-refractivity contribution in [1.29, 1.82) is 0 Å². The first-order valence-corrected chi connectivity index (χ1v) is 10.2. The van der Waals surface area contributed by atoms with Gasteiger partial charge in [-0.05, 0) is 55.7 Å². The first kappa shape index (κ1) is 20.3. The molecule has 2 aromatic carbocycles. The van der Waals surface area contributed by atoms with E-state index in [1.807, 2.05) is 48.9 Å². The van der Waals surface area contributed by atoms with Crippen LogP contribution in [0.25, 0.3) is 16.9 Å². The van der Waals surface area contributed by atoms with E-state index in [1.165, 1.54) is 5.56 Å². The Balaban J connectivity index is 1.88. The lowest BCUT2D eigenvalue weighted by molar-refractivity contribution is 0.0698. The smallest absolute Gasteiger partial charge is 0.337 e. The van der Waals surface area contributed by atoms with Crippen molar-refractivity contribution in [3.05, 3.63) is 89.2 Å². The van der Waals surface area contributed by atoms with Gasteiger partial charge in [0, 0.05) is 23.5 Å². The van der Waals surface area contributed by atoms with Gasteiger partial charge in [-0.15, -0.1) is 0 Å². The normalized spacial score (nSPS) is 10.8. The number of anilines is 2. The quantitative estimate of drug-likeness (QED) is 0.434. The first-order valence-electron chi connectivity index (χ1n) is 10.2. The fourth-order valence-electron chi connectivity index (χ4n) is 3.52. The van der Waals surface area contributed by atoms with E-state index in [-0.39, 0.29) is 5.56 Å². The average molecular weight is 412 g/mol. The highest BCUT2D eigenvalue weighted by molar-refractivity contribution is 5.95. The molecule has 156 valence electrons. The van der Waals surface area contributed by atoms with Gasteiger partial charge in [0.15, 0.2) is 0 Å². The van der Waals surface area contributed by atoms with Crippen molar-refractivity contribution >= 4 is 17.5 Å². The van der Waals surface area contributed by atoms with Gasteiger partial charge in [0.2, 0.25) is 0 Å². The Kier molecular flexibility index (Phi) is 5.54. The monoisotopic (exact) mass is 412 g/mol. The second-order valence-electron chi connectivity index (χ2n) is 7.40. The van der Waals surface area contributed by atoms with Crippen molar-refractivity contribution in [2.75, 3.05) is 5.32 Å². The third-order valence-electron chi connectivity index (χ3n) is 5.42. The van der Waals surface area contributed by atoms with Gasteiger partial charge in [-0.2, -0.15) is 5.10 Å². The molecule has 2 heterocycles. The highest BCUT2D eigenvalue weighted by Gasteiger charge is 2.17. The van der Waals surface area contributed by atoms with Crippen LogP contribution in [0.5, 0.6) is 0 Å². The van der Waals surface area contributed by atoms with Crippen LogP contribution in [0.3, 0.4) is 0 Å². The van der Waals surface area contributed by atoms with Crippen LogP contribution in [-0.4, -0.2) is 25.8 Å². The Morgan fingerprint density at radius 3 is 2.65 bits per heavy atom. The summed E-state index contributed by atoms with van der Waals surface area (Å²) in [4.78, 5) is 16.1. The maximum absolute atomic E-state index is 11.7. The Bertz CT molecular complexity index is 1260. The van der Waals surface area contributed by atoms with Crippen molar-refractivity contribution in [3.8, 4) is 16.9 Å². The van der Waals surface area contributed by atoms with Crippen LogP contribution >= 0.6 is 0 Å². The predicted molar refractivity (Wildman–Crippen MR) is 122 cm³/mol. The summed E-state index contributed by atoms with van der Waals surface area (Å²) in [5, 5.41) is 17.7. The molecule has 0 fully saturated rings. The second-order valence-corrected chi connectivity index (χ2v) is 7.40. The zero-order valence-electron chi connectivity index (χ0n) is 17.8. The number of carboxylic acid groups (broad SMARTS) is 1. The molecule has 0 spiro atoms. The molecule has 4 rings (SSSR count). The second kappa shape index (κ2) is 8.44. The molecule has 0 saturated carbocycles. The SMILES string of the molecule is CCc1cccc(-c2cc(Nc3ccccc3C(=O)O)n(-c3ccnc(C)c3C)n2)c1. The van der Waals surface area contributed by atoms with Crippen molar-refractivity contribution in [2.45, 2.75) is 27.2 Å². The van der Waals surface area contributed by atoms with Gasteiger partial charge in [-0.1, -0.05) is 37.3 Å². The number of aromatic carboxylic acids is 1. The molecule has 0 aliphatic heterocycles. The molecule has 0 aliphatic rings. The molecule has 0 radical (unpaired) electrons. The van der Waals surface area contributed by atoms with E-state index in [0.29, 0.717) is 11.5 Å². The highest BCUT2D eigenvalue weighted by Crippen LogP contribution is 2.30. The molecule has 2 N–H and O–H groups in total. The molecule has 4 aromatic rings. The summed E-state index contributed by atoms with van der Waals surface area (Å²) in [7, 11) is 0. The van der Waals surface area contributed by atoms with E-state index in [9.17, 15) is 9.90 Å². The van der Waals surface area contributed by atoms with Crippen LogP contribution in [0.15, 0.2) is 66.9 Å². The summed E-state index contributed by atoms with van der Waals surface area (Å²) < 4.78 is 1.82. The van der Waals surface area contributed by atoms with Crippen LogP contribution in [0, 0.1) is 13.8 Å². The van der Waals surface area contributed by atoms with Gasteiger partial charge in [0.1, 0.15) is 5.82 Å². The summed E-state index contributed by atoms with van der Waals surface area (Å²) in [6.07, 6.45) is 2.69. The van der Waals surface area contributed by atoms with Crippen molar-refractivity contribution in [3.63, 3.8) is 0 Å². The van der Waals surface area contributed by atoms with Gasteiger partial charge in [0.25, 0.3) is 0 Å². The summed E-state index contributed by atoms with van der Waals surface area (Å²) in [6, 6.07) is 19.0. The standard InChI is InChI=1S/C25H24N4O2/c1-4-18-8-7-9-19(14-18)22-15-24(27-21-11-6-5-10-20(21)25(30)31)29(28-22)23-12-13-26-17(3)16(23)2/h5-15,27H,4H2,1-3H3,(H,30,31). The maximum Gasteiger partial charge on any atom is 0.337 e. The van der Waals surface area contributed by atoms with E-state index < -0.39 is 5.97 Å². The summed E-state index contributed by atoms with van der Waals surface area (Å²) >= 11 is 0.